The number of nitrogens with zero attached hydrogens (tertiary/aromatic N) is 1. The van der Waals surface area contributed by atoms with Crippen LogP contribution in [0, 0.1) is 5.92 Å². The number of carbonyl (C=O) groups is 1. The van der Waals surface area contributed by atoms with Crippen LogP contribution in [-0.4, -0.2) is 42.9 Å². The van der Waals surface area contributed by atoms with Gasteiger partial charge in [0.25, 0.3) is 0 Å². The largest absolute Gasteiger partial charge is 0.481 e. The van der Waals surface area contributed by atoms with Crippen LogP contribution in [0.5, 0.6) is 0 Å². The molecule has 26 heavy (non-hydrogen) atoms. The van der Waals surface area contributed by atoms with Crippen molar-refractivity contribution < 1.29 is 18.3 Å². The van der Waals surface area contributed by atoms with Gasteiger partial charge in [0.15, 0.2) is 0 Å². The van der Waals surface area contributed by atoms with Crippen molar-refractivity contribution in [2.24, 2.45) is 11.7 Å². The van der Waals surface area contributed by atoms with Crippen molar-refractivity contribution in [2.45, 2.75) is 49.5 Å². The highest BCUT2D eigenvalue weighted by Gasteiger charge is 2.34. The summed E-state index contributed by atoms with van der Waals surface area (Å²) in [6.07, 6.45) is 6.25. The second-order valence-electron chi connectivity index (χ2n) is 6.66. The third-order valence-electron chi connectivity index (χ3n) is 4.64. The zero-order valence-electron chi connectivity index (χ0n) is 14.4. The highest BCUT2D eigenvalue weighted by atomic mass is 35.5. The van der Waals surface area contributed by atoms with Crippen molar-refractivity contribution in [3.05, 3.63) is 28.2 Å². The fourth-order valence-electron chi connectivity index (χ4n) is 3.14. The Labute approximate surface area is 164 Å². The molecule has 0 bridgehead atoms. The number of hydrogen-bond acceptors (Lipinski definition) is 4. The lowest BCUT2D eigenvalue weighted by Gasteiger charge is -2.30. The van der Waals surface area contributed by atoms with E-state index in [1.807, 2.05) is 0 Å². The Balaban J connectivity index is 0.000000342. The average Bonchev–Trinajstić information content (AvgIpc) is 3.06. The summed E-state index contributed by atoms with van der Waals surface area (Å²) in [5, 5.41) is 9.40. The van der Waals surface area contributed by atoms with Gasteiger partial charge in [0.1, 0.15) is 4.90 Å². The molecule has 2 aliphatic rings. The molecule has 0 unspecified atom stereocenters. The Bertz CT molecular complexity index is 736. The molecule has 2 fully saturated rings. The van der Waals surface area contributed by atoms with Gasteiger partial charge >= 0.3 is 5.97 Å². The standard InChI is InChI=1S/C12H13Cl2NO4S.C5H11N/c13-9-3-4-11(10(14)6-9)20(18,19)15-5-1-2-8(7-15)12(16)17;6-5-3-1-2-4-5/h3-4,6,8H,1-2,5,7H2,(H,16,17);5H,1-4,6H2/t8-;/m0./s1. The number of nitrogens with two attached hydrogens (primary N) is 1. The maximum atomic E-state index is 12.5. The van der Waals surface area contributed by atoms with Crippen LogP contribution < -0.4 is 5.73 Å². The molecule has 0 spiro atoms. The molecule has 1 aromatic rings. The van der Waals surface area contributed by atoms with Gasteiger partial charge in [0.2, 0.25) is 10.0 Å². The van der Waals surface area contributed by atoms with Crippen molar-refractivity contribution >= 4 is 39.2 Å². The first-order valence-corrected chi connectivity index (χ1v) is 10.8. The third kappa shape index (κ3) is 5.57. The minimum absolute atomic E-state index is 0.0311. The van der Waals surface area contributed by atoms with Gasteiger partial charge in [-0.1, -0.05) is 36.0 Å². The van der Waals surface area contributed by atoms with Crippen LogP contribution in [0.1, 0.15) is 38.5 Å². The van der Waals surface area contributed by atoms with E-state index in [0.717, 1.165) is 0 Å². The predicted molar refractivity (Wildman–Crippen MR) is 102 cm³/mol. The smallest absolute Gasteiger partial charge is 0.307 e. The number of rotatable bonds is 3. The number of carboxylic acid groups (broad SMARTS) is 1. The van der Waals surface area contributed by atoms with Crippen LogP contribution in [0.3, 0.4) is 0 Å². The second kappa shape index (κ2) is 9.37. The molecule has 3 N–H and O–H groups in total. The minimum atomic E-state index is -3.80. The zero-order valence-corrected chi connectivity index (χ0v) is 16.7. The van der Waals surface area contributed by atoms with Gasteiger partial charge in [-0.15, -0.1) is 0 Å². The van der Waals surface area contributed by atoms with Gasteiger partial charge in [0, 0.05) is 24.2 Å². The molecule has 0 amide bonds. The molecule has 1 heterocycles. The van der Waals surface area contributed by atoms with Gasteiger partial charge < -0.3 is 10.8 Å². The molecule has 0 aromatic heterocycles. The van der Waals surface area contributed by atoms with E-state index in [4.69, 9.17) is 34.0 Å². The highest BCUT2D eigenvalue weighted by Crippen LogP contribution is 2.30. The van der Waals surface area contributed by atoms with E-state index in [2.05, 4.69) is 0 Å². The van der Waals surface area contributed by atoms with Gasteiger partial charge in [-0.2, -0.15) is 4.31 Å². The van der Waals surface area contributed by atoms with Gasteiger partial charge in [-0.25, -0.2) is 8.42 Å². The van der Waals surface area contributed by atoms with Crippen LogP contribution in [-0.2, 0) is 14.8 Å². The van der Waals surface area contributed by atoms with Gasteiger partial charge in [-0.05, 0) is 43.9 Å². The highest BCUT2D eigenvalue weighted by molar-refractivity contribution is 7.89. The van der Waals surface area contributed by atoms with Crippen molar-refractivity contribution in [1.29, 1.82) is 0 Å². The topological polar surface area (TPSA) is 101 Å². The molecule has 1 aliphatic heterocycles. The first-order chi connectivity index (χ1) is 12.2. The van der Waals surface area contributed by atoms with Crippen LogP contribution in [0.4, 0.5) is 0 Å². The van der Waals surface area contributed by atoms with Crippen LogP contribution in [0.25, 0.3) is 0 Å². The van der Waals surface area contributed by atoms with Crippen molar-refractivity contribution in [3.8, 4) is 0 Å². The maximum Gasteiger partial charge on any atom is 0.307 e. The molecular formula is C17H24Cl2N2O4S. The Hall–Kier alpha value is -0.860. The summed E-state index contributed by atoms with van der Waals surface area (Å²) in [5.41, 5.74) is 5.53. The van der Waals surface area contributed by atoms with Crippen molar-refractivity contribution in [2.75, 3.05) is 13.1 Å². The average molecular weight is 423 g/mol. The molecule has 9 heteroatoms. The Morgan fingerprint density at radius 3 is 2.31 bits per heavy atom. The Morgan fingerprint density at radius 2 is 1.81 bits per heavy atom. The monoisotopic (exact) mass is 422 g/mol. The van der Waals surface area contributed by atoms with E-state index in [1.165, 1.54) is 48.2 Å². The maximum absolute atomic E-state index is 12.5. The molecule has 0 radical (unpaired) electrons. The zero-order chi connectivity index (χ0) is 19.3. The summed E-state index contributed by atoms with van der Waals surface area (Å²) < 4.78 is 26.2. The quantitative estimate of drug-likeness (QED) is 0.777. The number of halogens is 2. The fraction of sp³-hybridized carbons (Fsp3) is 0.588. The van der Waals surface area contributed by atoms with Gasteiger partial charge in [0.05, 0.1) is 10.9 Å². The summed E-state index contributed by atoms with van der Waals surface area (Å²) >= 11 is 11.7. The lowest BCUT2D eigenvalue weighted by molar-refractivity contribution is -0.142. The van der Waals surface area contributed by atoms with E-state index >= 15 is 0 Å². The lowest BCUT2D eigenvalue weighted by atomic mass is 10.0. The normalized spacial score (nSPS) is 21.9. The van der Waals surface area contributed by atoms with E-state index in [1.54, 1.807) is 0 Å². The molecule has 1 saturated heterocycles. The molecular weight excluding hydrogens is 399 g/mol. The number of piperidine rings is 1. The number of hydrogen-bond donors (Lipinski definition) is 2. The number of aliphatic carboxylic acids is 1. The molecule has 6 nitrogen and oxygen atoms in total. The molecule has 146 valence electrons. The summed E-state index contributed by atoms with van der Waals surface area (Å²) in [6, 6.07) is 4.68. The molecule has 1 atom stereocenters. The van der Waals surface area contributed by atoms with Crippen molar-refractivity contribution in [3.63, 3.8) is 0 Å². The van der Waals surface area contributed by atoms with E-state index < -0.39 is 21.9 Å². The van der Waals surface area contributed by atoms with E-state index in [-0.39, 0.29) is 16.5 Å². The predicted octanol–water partition coefficient (Wildman–Crippen LogP) is 3.37. The summed E-state index contributed by atoms with van der Waals surface area (Å²) in [4.78, 5) is 11.0. The third-order valence-corrected chi connectivity index (χ3v) is 7.23. The SMILES string of the molecule is NC1CCCC1.O=C(O)[C@H]1CCCN(S(=O)(=O)c2ccc(Cl)cc2Cl)C1. The number of benzene rings is 1. The van der Waals surface area contributed by atoms with Gasteiger partial charge in [-0.3, -0.25) is 4.79 Å². The first kappa shape index (κ1) is 21.4. The second-order valence-corrected chi connectivity index (χ2v) is 9.41. The number of carboxylic acids is 1. The molecule has 1 saturated carbocycles. The summed E-state index contributed by atoms with van der Waals surface area (Å²) in [7, 11) is -3.80. The number of sulfonamides is 1. The molecule has 1 aliphatic carbocycles. The molecule has 1 aromatic carbocycles. The van der Waals surface area contributed by atoms with Crippen LogP contribution in [0.15, 0.2) is 23.1 Å². The molecule has 3 rings (SSSR count). The van der Waals surface area contributed by atoms with Crippen LogP contribution in [0.2, 0.25) is 10.0 Å². The van der Waals surface area contributed by atoms with Crippen LogP contribution >= 0.6 is 23.2 Å². The van der Waals surface area contributed by atoms with E-state index in [9.17, 15) is 13.2 Å². The minimum Gasteiger partial charge on any atom is -0.481 e. The van der Waals surface area contributed by atoms with Crippen molar-refractivity contribution in [1.82, 2.24) is 4.31 Å². The summed E-state index contributed by atoms with van der Waals surface area (Å²) in [5.74, 6) is -1.66. The fourth-order valence-corrected chi connectivity index (χ4v) is 5.41. The Kier molecular flexibility index (Phi) is 7.73. The van der Waals surface area contributed by atoms with E-state index in [0.29, 0.717) is 30.5 Å². The summed E-state index contributed by atoms with van der Waals surface area (Å²) in [6.45, 7) is 0.266. The first-order valence-electron chi connectivity index (χ1n) is 8.65. The Morgan fingerprint density at radius 1 is 1.15 bits per heavy atom. The lowest BCUT2D eigenvalue weighted by Crippen LogP contribution is -2.42.